The Morgan fingerprint density at radius 3 is 2.76 bits per heavy atom. The zero-order valence-corrected chi connectivity index (χ0v) is 11.1. The van der Waals surface area contributed by atoms with Crippen LogP contribution in [0.1, 0.15) is 50.3 Å². The van der Waals surface area contributed by atoms with Crippen molar-refractivity contribution in [1.82, 2.24) is 5.32 Å². The van der Waals surface area contributed by atoms with Gasteiger partial charge in [-0.1, -0.05) is 19.9 Å². The van der Waals surface area contributed by atoms with Gasteiger partial charge in [0.25, 0.3) is 0 Å². The Kier molecular flexibility index (Phi) is 4.06. The van der Waals surface area contributed by atoms with Crippen molar-refractivity contribution in [1.29, 1.82) is 0 Å². The monoisotopic (exact) mass is 233 g/mol. The number of nitrogens with one attached hydrogen (secondary N) is 1. The van der Waals surface area contributed by atoms with Crippen LogP contribution in [0.25, 0.3) is 0 Å². The van der Waals surface area contributed by atoms with E-state index in [2.05, 4.69) is 37.4 Å². The molecule has 2 rings (SSSR count). The fourth-order valence-corrected chi connectivity index (χ4v) is 2.69. The molecule has 0 bridgehead atoms. The number of ether oxygens (including phenoxy) is 1. The summed E-state index contributed by atoms with van der Waals surface area (Å²) >= 11 is 0. The minimum absolute atomic E-state index is 0.519. The first-order chi connectivity index (χ1) is 8.28. The summed E-state index contributed by atoms with van der Waals surface area (Å²) in [7, 11) is 1.74. The molecule has 17 heavy (non-hydrogen) atoms. The largest absolute Gasteiger partial charge is 0.497 e. The van der Waals surface area contributed by atoms with E-state index in [9.17, 15) is 0 Å². The van der Waals surface area contributed by atoms with Crippen LogP contribution in [0.15, 0.2) is 18.2 Å². The summed E-state index contributed by atoms with van der Waals surface area (Å²) in [4.78, 5) is 0. The second kappa shape index (κ2) is 5.54. The molecule has 1 aromatic rings. The summed E-state index contributed by atoms with van der Waals surface area (Å²) in [6.07, 6.45) is 4.81. The van der Waals surface area contributed by atoms with Gasteiger partial charge in [-0.05, 0) is 48.9 Å². The van der Waals surface area contributed by atoms with Crippen LogP contribution in [-0.4, -0.2) is 13.2 Å². The molecule has 2 nitrogen and oxygen atoms in total. The zero-order valence-electron chi connectivity index (χ0n) is 11.1. The fourth-order valence-electron chi connectivity index (χ4n) is 2.69. The third-order valence-corrected chi connectivity index (χ3v) is 3.85. The summed E-state index contributed by atoms with van der Waals surface area (Å²) in [6, 6.07) is 7.63. The molecule has 0 heterocycles. The minimum Gasteiger partial charge on any atom is -0.497 e. The topological polar surface area (TPSA) is 21.3 Å². The van der Waals surface area contributed by atoms with E-state index in [4.69, 9.17) is 4.74 Å². The van der Waals surface area contributed by atoms with Gasteiger partial charge in [0.1, 0.15) is 5.75 Å². The number of fused-ring (bicyclic) bond motifs is 1. The molecule has 0 amide bonds. The van der Waals surface area contributed by atoms with Crippen LogP contribution in [0.5, 0.6) is 5.75 Å². The number of hydrogen-bond acceptors (Lipinski definition) is 2. The van der Waals surface area contributed by atoms with E-state index in [0.29, 0.717) is 12.1 Å². The molecule has 1 unspecified atom stereocenters. The molecule has 1 aromatic carbocycles. The smallest absolute Gasteiger partial charge is 0.119 e. The molecule has 0 fully saturated rings. The molecule has 0 radical (unpaired) electrons. The van der Waals surface area contributed by atoms with Gasteiger partial charge < -0.3 is 10.1 Å². The molecule has 0 saturated heterocycles. The van der Waals surface area contributed by atoms with Crippen LogP contribution >= 0.6 is 0 Å². The molecule has 0 aromatic heterocycles. The second-order valence-electron chi connectivity index (χ2n) is 4.84. The standard InChI is InChI=1S/C15H23NO/c1-4-12(5-2)16-15-9-7-11-6-8-13(17-3)10-14(11)15/h6,8,10,12,15-16H,4-5,7,9H2,1-3H3. The zero-order chi connectivity index (χ0) is 12.3. The third kappa shape index (κ3) is 2.63. The number of rotatable bonds is 5. The minimum atomic E-state index is 0.519. The molecule has 0 spiro atoms. The maximum absolute atomic E-state index is 5.32. The number of hydrogen-bond donors (Lipinski definition) is 1. The molecule has 1 aliphatic rings. The average molecular weight is 233 g/mol. The van der Waals surface area contributed by atoms with Crippen molar-refractivity contribution >= 4 is 0 Å². The fraction of sp³-hybridized carbons (Fsp3) is 0.600. The van der Waals surface area contributed by atoms with Crippen molar-refractivity contribution in [2.75, 3.05) is 7.11 Å². The van der Waals surface area contributed by atoms with Crippen LogP contribution in [0, 0.1) is 0 Å². The van der Waals surface area contributed by atoms with E-state index in [1.54, 1.807) is 7.11 Å². The van der Waals surface area contributed by atoms with Crippen molar-refractivity contribution in [2.45, 2.75) is 51.6 Å². The number of aryl methyl sites for hydroxylation is 1. The summed E-state index contributed by atoms with van der Waals surface area (Å²) in [5.74, 6) is 0.974. The Hall–Kier alpha value is -1.02. The van der Waals surface area contributed by atoms with Gasteiger partial charge in [0.2, 0.25) is 0 Å². The summed E-state index contributed by atoms with van der Waals surface area (Å²) in [5, 5.41) is 3.77. The van der Waals surface area contributed by atoms with Gasteiger partial charge in [-0.25, -0.2) is 0 Å². The van der Waals surface area contributed by atoms with Gasteiger partial charge in [0.05, 0.1) is 7.11 Å². The molecule has 1 N–H and O–H groups in total. The van der Waals surface area contributed by atoms with Gasteiger partial charge >= 0.3 is 0 Å². The second-order valence-corrected chi connectivity index (χ2v) is 4.84. The van der Waals surface area contributed by atoms with Crippen molar-refractivity contribution in [3.63, 3.8) is 0 Å². The van der Waals surface area contributed by atoms with E-state index >= 15 is 0 Å². The highest BCUT2D eigenvalue weighted by atomic mass is 16.5. The Balaban J connectivity index is 2.14. The predicted molar refractivity (Wildman–Crippen MR) is 71.6 cm³/mol. The Morgan fingerprint density at radius 1 is 1.35 bits per heavy atom. The third-order valence-electron chi connectivity index (χ3n) is 3.85. The Labute approximate surface area is 104 Å². The van der Waals surface area contributed by atoms with E-state index in [0.717, 1.165) is 5.75 Å². The van der Waals surface area contributed by atoms with E-state index in [-0.39, 0.29) is 0 Å². The van der Waals surface area contributed by atoms with Gasteiger partial charge in [-0.3, -0.25) is 0 Å². The van der Waals surface area contributed by atoms with Crippen LogP contribution in [0.2, 0.25) is 0 Å². The highest BCUT2D eigenvalue weighted by Gasteiger charge is 2.24. The van der Waals surface area contributed by atoms with Crippen LogP contribution in [0.4, 0.5) is 0 Å². The molecule has 1 aliphatic carbocycles. The predicted octanol–water partition coefficient (Wildman–Crippen LogP) is 3.46. The Morgan fingerprint density at radius 2 is 2.12 bits per heavy atom. The number of benzene rings is 1. The lowest BCUT2D eigenvalue weighted by atomic mass is 10.1. The maximum atomic E-state index is 5.32. The van der Waals surface area contributed by atoms with Crippen molar-refractivity contribution in [3.8, 4) is 5.75 Å². The number of methoxy groups -OCH3 is 1. The Bertz CT molecular complexity index is 371. The van der Waals surface area contributed by atoms with Gasteiger partial charge in [-0.15, -0.1) is 0 Å². The molecular weight excluding hydrogens is 210 g/mol. The summed E-state index contributed by atoms with van der Waals surface area (Å²) in [5.41, 5.74) is 2.92. The molecule has 94 valence electrons. The van der Waals surface area contributed by atoms with Crippen molar-refractivity contribution in [2.24, 2.45) is 0 Å². The normalized spacial score (nSPS) is 18.5. The summed E-state index contributed by atoms with van der Waals surface area (Å²) < 4.78 is 5.32. The summed E-state index contributed by atoms with van der Waals surface area (Å²) in [6.45, 7) is 4.51. The highest BCUT2D eigenvalue weighted by Crippen LogP contribution is 2.34. The first kappa shape index (κ1) is 12.4. The first-order valence-corrected chi connectivity index (χ1v) is 6.71. The lowest BCUT2D eigenvalue weighted by molar-refractivity contribution is 0.404. The molecule has 0 aliphatic heterocycles. The first-order valence-electron chi connectivity index (χ1n) is 6.71. The SMILES string of the molecule is CCC(CC)NC1CCc2ccc(OC)cc21. The lowest BCUT2D eigenvalue weighted by Gasteiger charge is -2.21. The molecular formula is C15H23NO. The van der Waals surface area contributed by atoms with Crippen LogP contribution in [-0.2, 0) is 6.42 Å². The van der Waals surface area contributed by atoms with E-state index in [1.165, 1.54) is 36.8 Å². The maximum Gasteiger partial charge on any atom is 0.119 e. The van der Waals surface area contributed by atoms with Crippen LogP contribution < -0.4 is 10.1 Å². The van der Waals surface area contributed by atoms with E-state index in [1.807, 2.05) is 0 Å². The average Bonchev–Trinajstić information content (AvgIpc) is 2.78. The molecule has 2 heteroatoms. The van der Waals surface area contributed by atoms with Crippen molar-refractivity contribution in [3.05, 3.63) is 29.3 Å². The van der Waals surface area contributed by atoms with Gasteiger partial charge in [0, 0.05) is 12.1 Å². The van der Waals surface area contributed by atoms with E-state index < -0.39 is 0 Å². The van der Waals surface area contributed by atoms with Crippen molar-refractivity contribution < 1.29 is 4.74 Å². The molecule has 1 atom stereocenters. The van der Waals surface area contributed by atoms with Gasteiger partial charge in [-0.2, -0.15) is 0 Å². The highest BCUT2D eigenvalue weighted by molar-refractivity contribution is 5.40. The molecule has 0 saturated carbocycles. The van der Waals surface area contributed by atoms with Crippen LogP contribution in [0.3, 0.4) is 0 Å². The van der Waals surface area contributed by atoms with Gasteiger partial charge in [0.15, 0.2) is 0 Å². The quantitative estimate of drug-likeness (QED) is 0.841. The lowest BCUT2D eigenvalue weighted by Crippen LogP contribution is -2.30.